The number of carbonyl (C=O) groups excluding carboxylic acids is 2. The van der Waals surface area contributed by atoms with Gasteiger partial charge in [0.1, 0.15) is 5.69 Å². The van der Waals surface area contributed by atoms with Gasteiger partial charge in [-0.25, -0.2) is 9.97 Å². The number of carbonyl (C=O) groups is 2. The van der Waals surface area contributed by atoms with Gasteiger partial charge in [0.2, 0.25) is 0 Å². The number of nitrogens with zero attached hydrogens (tertiary/aromatic N) is 4. The number of anilines is 2. The molecule has 2 rings (SSSR count). The monoisotopic (exact) mass is 415 g/mol. The van der Waals surface area contributed by atoms with Gasteiger partial charge in [-0.2, -0.15) is 0 Å². The maximum absolute atomic E-state index is 12.3. The molecule has 13 heteroatoms. The van der Waals surface area contributed by atoms with E-state index >= 15 is 0 Å². The highest BCUT2D eigenvalue weighted by Crippen LogP contribution is 2.16. The van der Waals surface area contributed by atoms with Crippen molar-refractivity contribution in [1.29, 1.82) is 5.41 Å². The van der Waals surface area contributed by atoms with Crippen LogP contribution in [0.5, 0.6) is 0 Å². The Bertz CT molecular complexity index is 813. The Balaban J connectivity index is 0.00000364. The molecule has 11 nitrogen and oxygen atoms in total. The van der Waals surface area contributed by atoms with Gasteiger partial charge < -0.3 is 22.2 Å². The zero-order valence-corrected chi connectivity index (χ0v) is 15.6. The summed E-state index contributed by atoms with van der Waals surface area (Å²) in [6.45, 7) is 0.391. The predicted molar refractivity (Wildman–Crippen MR) is 104 cm³/mol. The molecule has 0 aromatic carbocycles. The number of hydrogen-bond acceptors (Lipinski definition) is 7. The summed E-state index contributed by atoms with van der Waals surface area (Å²) in [5.74, 6) is -1.53. The Morgan fingerprint density at radius 3 is 2.56 bits per heavy atom. The summed E-state index contributed by atoms with van der Waals surface area (Å²) < 4.78 is 1.20. The minimum Gasteiger partial charge on any atom is -0.382 e. The number of nitrogen functional groups attached to an aromatic ring is 1. The van der Waals surface area contributed by atoms with Crippen LogP contribution in [0.15, 0.2) is 24.5 Å². The lowest BCUT2D eigenvalue weighted by Crippen LogP contribution is -2.42. The Morgan fingerprint density at radius 2 is 2.00 bits per heavy atom. The van der Waals surface area contributed by atoms with Crippen molar-refractivity contribution >= 4 is 53.6 Å². The van der Waals surface area contributed by atoms with Crippen LogP contribution < -0.4 is 21.6 Å². The normalized spacial score (nSPS) is 9.96. The fourth-order valence-electron chi connectivity index (χ4n) is 2.11. The van der Waals surface area contributed by atoms with Crippen molar-refractivity contribution in [1.82, 2.24) is 19.9 Å². The Morgan fingerprint density at radius 1 is 1.30 bits per heavy atom. The van der Waals surface area contributed by atoms with E-state index in [4.69, 9.17) is 34.4 Å². The van der Waals surface area contributed by atoms with Gasteiger partial charge in [-0.3, -0.25) is 24.3 Å². The molecule has 0 saturated heterocycles. The maximum atomic E-state index is 12.3. The third kappa shape index (κ3) is 5.46. The number of aromatic amines is 1. The van der Waals surface area contributed by atoms with E-state index < -0.39 is 11.8 Å². The highest BCUT2D eigenvalue weighted by atomic mass is 35.5. The van der Waals surface area contributed by atoms with Crippen LogP contribution in [0.3, 0.4) is 0 Å². The third-order valence-corrected chi connectivity index (χ3v) is 3.71. The fraction of sp³-hybridized carbons (Fsp3) is 0.214. The maximum Gasteiger partial charge on any atom is 0.276 e. The van der Waals surface area contributed by atoms with E-state index in [1.165, 1.54) is 10.6 Å². The van der Waals surface area contributed by atoms with Crippen molar-refractivity contribution in [2.75, 3.05) is 23.2 Å². The van der Waals surface area contributed by atoms with Crippen LogP contribution >= 0.6 is 24.2 Å². The first-order chi connectivity index (χ1) is 12.3. The van der Waals surface area contributed by atoms with E-state index in [1.807, 2.05) is 0 Å². The molecule has 0 unspecified atom stereocenters. The summed E-state index contributed by atoms with van der Waals surface area (Å²) >= 11 is 6.12. The fourth-order valence-corrected chi connectivity index (χ4v) is 2.31. The number of aromatic nitrogens is 3. The molecule has 0 saturated carbocycles. The highest BCUT2D eigenvalue weighted by molar-refractivity contribution is 6.25. The molecule has 2 amide bonds. The zero-order chi connectivity index (χ0) is 19.3. The number of primary amides is 1. The Labute approximate surface area is 165 Å². The molecule has 8 N–H and O–H groups in total. The number of hydrogen-bond donors (Lipinski definition) is 5. The topological polar surface area (TPSA) is 184 Å². The smallest absolute Gasteiger partial charge is 0.276 e. The van der Waals surface area contributed by atoms with Crippen LogP contribution in [-0.4, -0.2) is 50.7 Å². The first-order valence-corrected chi connectivity index (χ1v) is 7.80. The number of nitrogens with two attached hydrogens (primary N) is 3. The lowest BCUT2D eigenvalue weighted by Gasteiger charge is -2.21. The van der Waals surface area contributed by atoms with Crippen LogP contribution in [0.25, 0.3) is 0 Å². The summed E-state index contributed by atoms with van der Waals surface area (Å²) in [4.78, 5) is 35.2. The van der Waals surface area contributed by atoms with E-state index in [-0.39, 0.29) is 48.8 Å². The van der Waals surface area contributed by atoms with Crippen LogP contribution in [0.4, 0.5) is 11.6 Å². The van der Waals surface area contributed by atoms with Crippen LogP contribution in [-0.2, 0) is 0 Å². The molecule has 0 spiro atoms. The van der Waals surface area contributed by atoms with E-state index in [0.29, 0.717) is 12.1 Å². The minimum atomic E-state index is -0.818. The molecule has 0 aliphatic heterocycles. The molecular formula is C14H19Cl2N9O2. The molecule has 2 aromatic heterocycles. The number of guanidine groups is 1. The van der Waals surface area contributed by atoms with Crippen molar-refractivity contribution in [3.63, 3.8) is 0 Å². The van der Waals surface area contributed by atoms with Gasteiger partial charge in [0.15, 0.2) is 23.3 Å². The van der Waals surface area contributed by atoms with Gasteiger partial charge in [-0.1, -0.05) is 0 Å². The minimum absolute atomic E-state index is 0. The Hall–Kier alpha value is -3.05. The Kier molecular flexibility index (Phi) is 7.81. The zero-order valence-electron chi connectivity index (χ0n) is 14.1. The number of amides is 2. The van der Waals surface area contributed by atoms with Crippen molar-refractivity contribution in [3.05, 3.63) is 35.9 Å². The van der Waals surface area contributed by atoms with Gasteiger partial charge in [-0.15, -0.1) is 12.4 Å². The summed E-state index contributed by atoms with van der Waals surface area (Å²) in [6.07, 6.45) is 3.26. The number of H-pyrrole nitrogens is 1. The summed E-state index contributed by atoms with van der Waals surface area (Å²) in [5, 5.41) is 7.57. The first-order valence-electron chi connectivity index (χ1n) is 7.46. The van der Waals surface area contributed by atoms with E-state index in [1.54, 1.807) is 18.3 Å². The summed E-state index contributed by atoms with van der Waals surface area (Å²) in [7, 11) is 0. The van der Waals surface area contributed by atoms with Gasteiger partial charge in [0.05, 0.1) is 6.20 Å². The molecule has 0 fully saturated rings. The molecule has 0 aliphatic rings. The molecule has 146 valence electrons. The van der Waals surface area contributed by atoms with Crippen LogP contribution in [0.2, 0.25) is 0 Å². The van der Waals surface area contributed by atoms with E-state index in [9.17, 15) is 9.59 Å². The van der Waals surface area contributed by atoms with E-state index in [2.05, 4.69) is 15.0 Å². The van der Waals surface area contributed by atoms with Crippen LogP contribution in [0, 0.1) is 5.41 Å². The largest absolute Gasteiger partial charge is 0.382 e. The van der Waals surface area contributed by atoms with Crippen molar-refractivity contribution < 1.29 is 9.59 Å². The quantitative estimate of drug-likeness (QED) is 0.244. The molecule has 2 aromatic rings. The number of rotatable bonds is 7. The number of nitrogens with one attached hydrogen (secondary N) is 2. The second-order valence-electron chi connectivity index (χ2n) is 5.19. The molecule has 0 atom stereocenters. The SMILES string of the molecule is Cl.N=C(N)N(CCCN(Cl)c1cnc(N)c(C(N)=O)n1)C(=O)c1ccc[nH]1. The average molecular weight is 416 g/mol. The van der Waals surface area contributed by atoms with Gasteiger partial charge in [0, 0.05) is 31.1 Å². The van der Waals surface area contributed by atoms with Crippen molar-refractivity contribution in [2.45, 2.75) is 6.42 Å². The van der Waals surface area contributed by atoms with Gasteiger partial charge in [-0.05, 0) is 18.6 Å². The van der Waals surface area contributed by atoms with Gasteiger partial charge >= 0.3 is 0 Å². The molecule has 0 aliphatic carbocycles. The van der Waals surface area contributed by atoms with E-state index in [0.717, 1.165) is 4.90 Å². The summed E-state index contributed by atoms with van der Waals surface area (Å²) in [5.41, 5.74) is 16.3. The lowest BCUT2D eigenvalue weighted by molar-refractivity contribution is 0.0839. The molecule has 2 heterocycles. The third-order valence-electron chi connectivity index (χ3n) is 3.37. The van der Waals surface area contributed by atoms with Crippen molar-refractivity contribution in [2.24, 2.45) is 11.5 Å². The number of halogens is 2. The van der Waals surface area contributed by atoms with Gasteiger partial charge in [0.25, 0.3) is 11.8 Å². The second kappa shape index (κ2) is 9.59. The predicted octanol–water partition coefficient (Wildman–Crippen LogP) is 0.294. The highest BCUT2D eigenvalue weighted by Gasteiger charge is 2.19. The first kappa shape index (κ1) is 22.0. The summed E-state index contributed by atoms with van der Waals surface area (Å²) in [6, 6.07) is 3.25. The second-order valence-corrected chi connectivity index (χ2v) is 5.60. The molecule has 0 bridgehead atoms. The molecule has 27 heavy (non-hydrogen) atoms. The van der Waals surface area contributed by atoms with Crippen molar-refractivity contribution in [3.8, 4) is 0 Å². The van der Waals surface area contributed by atoms with Crippen LogP contribution in [0.1, 0.15) is 27.4 Å². The standard InChI is InChI=1S/C14H18ClN9O2.ClH/c15-24(9-7-21-11(16)10(22-9)12(17)25)6-2-5-23(14(18)19)13(26)8-3-1-4-20-8;/h1,3-4,7,20H,2,5-6H2,(H2,16,21)(H2,17,25)(H3,18,19);1H. The molecule has 0 radical (unpaired) electrons. The molecular weight excluding hydrogens is 397 g/mol. The lowest BCUT2D eigenvalue weighted by atomic mass is 10.3. The average Bonchev–Trinajstić information content (AvgIpc) is 3.12.